The zero-order valence-electron chi connectivity index (χ0n) is 14.7. The van der Waals surface area contributed by atoms with Gasteiger partial charge in [-0.2, -0.15) is 0 Å². The number of benzene rings is 1. The first-order valence-electron chi connectivity index (χ1n) is 8.66. The van der Waals surface area contributed by atoms with E-state index in [4.69, 9.17) is 4.98 Å². The summed E-state index contributed by atoms with van der Waals surface area (Å²) < 4.78 is 0.851. The monoisotopic (exact) mass is 385 g/mol. The summed E-state index contributed by atoms with van der Waals surface area (Å²) in [5.74, 6) is 0.806. The van der Waals surface area contributed by atoms with Gasteiger partial charge in [0.25, 0.3) is 0 Å². The summed E-state index contributed by atoms with van der Waals surface area (Å²) in [4.78, 5) is 23.4. The fraction of sp³-hybridized carbons (Fsp3) is 0.389. The number of carbonyl (C=O) groups excluding carboxylic acids is 1. The van der Waals surface area contributed by atoms with Crippen LogP contribution in [0.1, 0.15) is 37.6 Å². The number of para-hydroxylation sites is 2. The molecule has 1 aromatic carbocycles. The predicted molar refractivity (Wildman–Crippen MR) is 105 cm³/mol. The van der Waals surface area contributed by atoms with Crippen molar-refractivity contribution in [2.24, 2.45) is 0 Å². The second-order valence-corrected chi connectivity index (χ2v) is 8.41. The Morgan fingerprint density at radius 3 is 2.65 bits per heavy atom. The van der Waals surface area contributed by atoms with Crippen molar-refractivity contribution in [2.45, 2.75) is 49.2 Å². The molecule has 1 aliphatic carbocycles. The van der Waals surface area contributed by atoms with Gasteiger partial charge < -0.3 is 0 Å². The molecule has 1 aliphatic rings. The number of thioether (sulfide) groups is 1. The molecule has 0 radical (unpaired) electrons. The number of nitrogens with zero attached hydrogens (tertiary/aromatic N) is 5. The lowest BCUT2D eigenvalue weighted by molar-refractivity contribution is -0.118. The quantitative estimate of drug-likeness (QED) is 0.472. The van der Waals surface area contributed by atoms with Crippen LogP contribution < -0.4 is 4.90 Å². The Balaban J connectivity index is 1.49. The lowest BCUT2D eigenvalue weighted by Crippen LogP contribution is -2.32. The molecule has 0 aliphatic heterocycles. The van der Waals surface area contributed by atoms with Crippen LogP contribution in [0.15, 0.2) is 28.6 Å². The molecule has 0 unspecified atom stereocenters. The maximum Gasteiger partial charge on any atom is 0.228 e. The topological polar surface area (TPSA) is 71.9 Å². The van der Waals surface area contributed by atoms with Crippen molar-refractivity contribution in [1.29, 1.82) is 0 Å². The van der Waals surface area contributed by atoms with Gasteiger partial charge in [-0.1, -0.05) is 42.2 Å². The van der Waals surface area contributed by atoms with Crippen molar-refractivity contribution in [3.8, 4) is 0 Å². The summed E-state index contributed by atoms with van der Waals surface area (Å²) in [5, 5.41) is 9.22. The van der Waals surface area contributed by atoms with E-state index in [0.717, 1.165) is 39.6 Å². The fourth-order valence-electron chi connectivity index (χ4n) is 2.72. The van der Waals surface area contributed by atoms with Gasteiger partial charge in [0.1, 0.15) is 0 Å². The molecule has 0 bridgehead atoms. The van der Waals surface area contributed by atoms with Gasteiger partial charge in [-0.15, -0.1) is 10.2 Å². The third-order valence-electron chi connectivity index (χ3n) is 4.26. The zero-order valence-corrected chi connectivity index (χ0v) is 16.3. The molecule has 134 valence electrons. The predicted octanol–water partition coefficient (Wildman–Crippen LogP) is 3.99. The standard InChI is InChI=1S/C18H19N5OS2/c1-3-16(24)23(12-8-9-12)17-21-22-18(26-17)25-10-15-11(2)19-13-6-4-5-7-14(13)20-15/h4-7,12H,3,8-10H2,1-2H3. The Bertz CT molecular complexity index is 954. The smallest absolute Gasteiger partial charge is 0.228 e. The zero-order chi connectivity index (χ0) is 18.1. The molecule has 4 rings (SSSR count). The number of rotatable bonds is 6. The second-order valence-electron chi connectivity index (χ2n) is 6.23. The van der Waals surface area contributed by atoms with Crippen LogP contribution in [0.3, 0.4) is 0 Å². The van der Waals surface area contributed by atoms with Gasteiger partial charge in [0.2, 0.25) is 11.0 Å². The number of hydrogen-bond acceptors (Lipinski definition) is 7. The molecule has 1 saturated carbocycles. The normalized spacial score (nSPS) is 13.9. The first kappa shape index (κ1) is 17.4. The van der Waals surface area contributed by atoms with Gasteiger partial charge in [0.15, 0.2) is 4.34 Å². The lowest BCUT2D eigenvalue weighted by atomic mass is 10.2. The molecular formula is C18H19N5OS2. The lowest BCUT2D eigenvalue weighted by Gasteiger charge is -2.17. The highest BCUT2D eigenvalue weighted by molar-refractivity contribution is 8.00. The van der Waals surface area contributed by atoms with Crippen molar-refractivity contribution in [2.75, 3.05) is 4.90 Å². The minimum Gasteiger partial charge on any atom is -0.284 e. The molecule has 0 atom stereocenters. The summed E-state index contributed by atoms with van der Waals surface area (Å²) in [6.45, 7) is 3.87. The highest BCUT2D eigenvalue weighted by atomic mass is 32.2. The summed E-state index contributed by atoms with van der Waals surface area (Å²) >= 11 is 3.07. The van der Waals surface area contributed by atoms with Gasteiger partial charge in [-0.3, -0.25) is 9.69 Å². The number of fused-ring (bicyclic) bond motifs is 1. The van der Waals surface area contributed by atoms with E-state index in [1.165, 1.54) is 11.3 Å². The van der Waals surface area contributed by atoms with E-state index in [1.807, 2.05) is 43.0 Å². The number of anilines is 1. The van der Waals surface area contributed by atoms with Crippen molar-refractivity contribution in [1.82, 2.24) is 20.2 Å². The highest BCUT2D eigenvalue weighted by Gasteiger charge is 2.35. The van der Waals surface area contributed by atoms with Gasteiger partial charge >= 0.3 is 0 Å². The van der Waals surface area contributed by atoms with Crippen LogP contribution in [-0.4, -0.2) is 32.1 Å². The minimum absolute atomic E-state index is 0.122. The van der Waals surface area contributed by atoms with Gasteiger partial charge in [0, 0.05) is 18.2 Å². The minimum atomic E-state index is 0.122. The molecule has 0 saturated heterocycles. The van der Waals surface area contributed by atoms with E-state index in [1.54, 1.807) is 11.8 Å². The van der Waals surface area contributed by atoms with Crippen LogP contribution in [0.2, 0.25) is 0 Å². The third-order valence-corrected chi connectivity index (χ3v) is 6.33. The molecule has 0 N–H and O–H groups in total. The Kier molecular flexibility index (Phi) is 4.86. The van der Waals surface area contributed by atoms with E-state index < -0.39 is 0 Å². The van der Waals surface area contributed by atoms with Gasteiger partial charge in [0.05, 0.1) is 22.4 Å². The average Bonchev–Trinajstić information content (AvgIpc) is 3.37. The number of carbonyl (C=O) groups is 1. The third kappa shape index (κ3) is 3.57. The van der Waals surface area contributed by atoms with E-state index in [0.29, 0.717) is 23.3 Å². The Morgan fingerprint density at radius 2 is 1.96 bits per heavy atom. The number of amides is 1. The van der Waals surface area contributed by atoms with Gasteiger partial charge in [-0.25, -0.2) is 9.97 Å². The molecule has 26 heavy (non-hydrogen) atoms. The van der Waals surface area contributed by atoms with Crippen molar-refractivity contribution in [3.63, 3.8) is 0 Å². The maximum atomic E-state index is 12.2. The largest absolute Gasteiger partial charge is 0.284 e. The molecule has 1 amide bonds. The van der Waals surface area contributed by atoms with Crippen LogP contribution in [0.4, 0.5) is 5.13 Å². The fourth-order valence-corrected chi connectivity index (χ4v) is 4.66. The van der Waals surface area contributed by atoms with Crippen LogP contribution >= 0.6 is 23.1 Å². The molecule has 3 aromatic rings. The highest BCUT2D eigenvalue weighted by Crippen LogP contribution is 2.36. The van der Waals surface area contributed by atoms with Crippen molar-refractivity contribution >= 4 is 45.2 Å². The first-order valence-corrected chi connectivity index (χ1v) is 10.5. The van der Waals surface area contributed by atoms with Gasteiger partial charge in [-0.05, 0) is 31.9 Å². The molecule has 0 spiro atoms. The van der Waals surface area contributed by atoms with Crippen LogP contribution in [0, 0.1) is 6.92 Å². The van der Waals surface area contributed by atoms with Crippen molar-refractivity contribution in [3.05, 3.63) is 35.7 Å². The summed E-state index contributed by atoms with van der Waals surface area (Å²) in [6, 6.07) is 8.19. The number of aromatic nitrogens is 4. The Morgan fingerprint density at radius 1 is 1.23 bits per heavy atom. The van der Waals surface area contributed by atoms with Crippen LogP contribution in [0.25, 0.3) is 11.0 Å². The van der Waals surface area contributed by atoms with E-state index in [9.17, 15) is 4.79 Å². The Labute approximate surface area is 160 Å². The van der Waals surface area contributed by atoms with E-state index in [2.05, 4.69) is 15.2 Å². The Hall–Kier alpha value is -2.06. The second kappa shape index (κ2) is 7.28. The average molecular weight is 386 g/mol. The van der Waals surface area contributed by atoms with Crippen molar-refractivity contribution < 1.29 is 4.79 Å². The number of hydrogen-bond donors (Lipinski definition) is 0. The maximum absolute atomic E-state index is 12.2. The van der Waals surface area contributed by atoms with Crippen LogP contribution in [0.5, 0.6) is 0 Å². The summed E-state index contributed by atoms with van der Waals surface area (Å²) in [5.41, 5.74) is 3.70. The SMILES string of the molecule is CCC(=O)N(c1nnc(SCc2nc3ccccc3nc2C)s1)C1CC1. The van der Waals surface area contributed by atoms with E-state index >= 15 is 0 Å². The molecule has 6 nitrogen and oxygen atoms in total. The molecule has 2 aromatic heterocycles. The molecule has 2 heterocycles. The molecule has 1 fully saturated rings. The number of aryl methyl sites for hydroxylation is 1. The molecular weight excluding hydrogens is 366 g/mol. The summed E-state index contributed by atoms with van der Waals surface area (Å²) in [7, 11) is 0. The molecule has 8 heteroatoms. The van der Waals surface area contributed by atoms with Crippen LogP contribution in [-0.2, 0) is 10.5 Å². The van der Waals surface area contributed by atoms with E-state index in [-0.39, 0.29) is 5.91 Å². The summed E-state index contributed by atoms with van der Waals surface area (Å²) in [6.07, 6.45) is 2.60. The first-order chi connectivity index (χ1) is 12.7.